The van der Waals surface area contributed by atoms with Crippen LogP contribution < -0.4 is 10.6 Å². The highest BCUT2D eigenvalue weighted by atomic mass is 16.5. The van der Waals surface area contributed by atoms with E-state index in [1.54, 1.807) is 14.0 Å². The first kappa shape index (κ1) is 25.4. The number of H-pyrrole nitrogens is 1. The normalized spacial score (nSPS) is 20.2. The summed E-state index contributed by atoms with van der Waals surface area (Å²) in [5, 5.41) is 6.04. The minimum Gasteiger partial charge on any atom is -0.381 e. The second kappa shape index (κ2) is 11.0. The fourth-order valence-corrected chi connectivity index (χ4v) is 5.51. The molecule has 4 heterocycles. The molecule has 5 rings (SSSR count). The maximum atomic E-state index is 14.0. The van der Waals surface area contributed by atoms with Crippen molar-refractivity contribution in [2.24, 2.45) is 5.92 Å². The lowest BCUT2D eigenvalue weighted by atomic mass is 9.90. The molecule has 196 valence electrons. The number of aromatic amines is 1. The number of nitrogens with one attached hydrogen (secondary N) is 3. The molecule has 1 aromatic carbocycles. The van der Waals surface area contributed by atoms with E-state index in [0.717, 1.165) is 53.7 Å². The van der Waals surface area contributed by atoms with E-state index in [0.29, 0.717) is 25.6 Å². The van der Waals surface area contributed by atoms with Crippen molar-refractivity contribution < 1.29 is 14.3 Å². The number of carbonyl (C=O) groups excluding carboxylic acids is 2. The fourth-order valence-electron chi connectivity index (χ4n) is 5.51. The number of aromatic nitrogens is 3. The van der Waals surface area contributed by atoms with Gasteiger partial charge in [-0.1, -0.05) is 30.3 Å². The molecule has 3 atom stereocenters. The van der Waals surface area contributed by atoms with E-state index in [1.807, 2.05) is 42.2 Å². The number of amides is 2. The molecule has 2 fully saturated rings. The van der Waals surface area contributed by atoms with Crippen LogP contribution in [0.15, 0.2) is 36.4 Å². The standard InChI is InChI=1S/C28H36N6O3/c1-17(29-3)27(35)33-25(20-11-14-37-15-12-20)28(36)34-13-7-10-23(34)21-16-22-26(32-21)24(31-18(2)30-22)19-8-5-4-6-9-19/h4-6,8-9,16-17,20,23,25,29,32H,7,10-15H2,1-3H3,(H,33,35)/t17-,23-,25-/m0/s1. The van der Waals surface area contributed by atoms with Gasteiger partial charge in [-0.15, -0.1) is 0 Å². The number of aryl methyl sites for hydroxylation is 1. The minimum atomic E-state index is -0.570. The van der Waals surface area contributed by atoms with Crippen LogP contribution in [0.25, 0.3) is 22.3 Å². The van der Waals surface area contributed by atoms with Crippen LogP contribution in [-0.2, 0) is 14.3 Å². The zero-order valence-electron chi connectivity index (χ0n) is 21.8. The Hall–Kier alpha value is -3.30. The molecule has 0 radical (unpaired) electrons. The minimum absolute atomic E-state index is 0.0183. The molecule has 3 aromatic rings. The van der Waals surface area contributed by atoms with Gasteiger partial charge < -0.3 is 25.3 Å². The SMILES string of the molecule is CN[C@@H](C)C(=O)N[C@H](C(=O)N1CCC[C@H]1c1cc2nc(C)nc(-c3ccccc3)c2[nH]1)C1CCOCC1. The van der Waals surface area contributed by atoms with Crippen LogP contribution in [0, 0.1) is 12.8 Å². The van der Waals surface area contributed by atoms with E-state index in [9.17, 15) is 9.59 Å². The number of hydrogen-bond donors (Lipinski definition) is 3. The molecular formula is C28H36N6O3. The number of hydrogen-bond acceptors (Lipinski definition) is 6. The molecule has 2 aliphatic rings. The summed E-state index contributed by atoms with van der Waals surface area (Å²) in [6, 6.07) is 11.1. The smallest absolute Gasteiger partial charge is 0.246 e. The summed E-state index contributed by atoms with van der Waals surface area (Å²) in [4.78, 5) is 41.8. The van der Waals surface area contributed by atoms with Crippen LogP contribution in [-0.4, -0.2) is 70.6 Å². The molecule has 9 heteroatoms. The highest BCUT2D eigenvalue weighted by Gasteiger charge is 2.39. The lowest BCUT2D eigenvalue weighted by molar-refractivity contribution is -0.140. The number of carbonyl (C=O) groups is 2. The van der Waals surface area contributed by atoms with Gasteiger partial charge in [-0.3, -0.25) is 9.59 Å². The number of nitrogens with zero attached hydrogens (tertiary/aromatic N) is 3. The molecular weight excluding hydrogens is 468 g/mol. The predicted molar refractivity (Wildman–Crippen MR) is 142 cm³/mol. The summed E-state index contributed by atoms with van der Waals surface area (Å²) in [7, 11) is 1.75. The summed E-state index contributed by atoms with van der Waals surface area (Å²) in [6.07, 6.45) is 3.27. The highest BCUT2D eigenvalue weighted by Crippen LogP contribution is 2.36. The van der Waals surface area contributed by atoms with Crippen LogP contribution >= 0.6 is 0 Å². The van der Waals surface area contributed by atoms with E-state index < -0.39 is 6.04 Å². The van der Waals surface area contributed by atoms with Crippen LogP contribution in [0.2, 0.25) is 0 Å². The molecule has 0 aliphatic carbocycles. The van der Waals surface area contributed by atoms with Gasteiger partial charge in [0.1, 0.15) is 11.9 Å². The average Bonchev–Trinajstić information content (AvgIpc) is 3.58. The van der Waals surface area contributed by atoms with Gasteiger partial charge >= 0.3 is 0 Å². The Morgan fingerprint density at radius 1 is 1.14 bits per heavy atom. The number of likely N-dealkylation sites (N-methyl/N-ethyl adjacent to an activating group) is 1. The summed E-state index contributed by atoms with van der Waals surface area (Å²) in [6.45, 7) is 5.58. The third kappa shape index (κ3) is 5.24. The molecule has 2 aliphatic heterocycles. The summed E-state index contributed by atoms with van der Waals surface area (Å²) in [5.41, 5.74) is 4.56. The van der Waals surface area contributed by atoms with Crippen molar-refractivity contribution in [3.8, 4) is 11.3 Å². The van der Waals surface area contributed by atoms with Gasteiger partial charge in [0.25, 0.3) is 0 Å². The quantitative estimate of drug-likeness (QED) is 0.456. The van der Waals surface area contributed by atoms with Gasteiger partial charge in [-0.2, -0.15) is 0 Å². The van der Waals surface area contributed by atoms with Crippen molar-refractivity contribution in [3.63, 3.8) is 0 Å². The van der Waals surface area contributed by atoms with Gasteiger partial charge in [-0.25, -0.2) is 9.97 Å². The fraction of sp³-hybridized carbons (Fsp3) is 0.500. The molecule has 0 unspecified atom stereocenters. The molecule has 37 heavy (non-hydrogen) atoms. The summed E-state index contributed by atoms with van der Waals surface area (Å²) < 4.78 is 5.54. The Kier molecular flexibility index (Phi) is 7.53. The number of rotatable bonds is 7. The number of fused-ring (bicyclic) bond motifs is 1. The first-order valence-electron chi connectivity index (χ1n) is 13.2. The van der Waals surface area contributed by atoms with E-state index in [1.165, 1.54) is 0 Å². The lowest BCUT2D eigenvalue weighted by Gasteiger charge is -2.35. The zero-order chi connectivity index (χ0) is 25.9. The van der Waals surface area contributed by atoms with Crippen molar-refractivity contribution in [1.29, 1.82) is 0 Å². The molecule has 2 saturated heterocycles. The van der Waals surface area contributed by atoms with Crippen molar-refractivity contribution in [2.75, 3.05) is 26.8 Å². The number of benzene rings is 1. The first-order chi connectivity index (χ1) is 18.0. The predicted octanol–water partition coefficient (Wildman–Crippen LogP) is 3.12. The molecule has 0 spiro atoms. The van der Waals surface area contributed by atoms with Crippen molar-refractivity contribution in [3.05, 3.63) is 47.9 Å². The zero-order valence-corrected chi connectivity index (χ0v) is 21.8. The Labute approximate surface area is 217 Å². The second-order valence-corrected chi connectivity index (χ2v) is 10.1. The maximum Gasteiger partial charge on any atom is 0.246 e. The number of likely N-dealkylation sites (tertiary alicyclic amines) is 1. The van der Waals surface area contributed by atoms with Gasteiger partial charge in [0.05, 0.1) is 28.8 Å². The van der Waals surface area contributed by atoms with Crippen LogP contribution in [0.5, 0.6) is 0 Å². The number of ether oxygens (including phenoxy) is 1. The average molecular weight is 505 g/mol. The van der Waals surface area contributed by atoms with Crippen molar-refractivity contribution in [1.82, 2.24) is 30.5 Å². The molecule has 2 amide bonds. The molecule has 0 bridgehead atoms. The van der Waals surface area contributed by atoms with Crippen LogP contribution in [0.3, 0.4) is 0 Å². The highest BCUT2D eigenvalue weighted by molar-refractivity contribution is 5.92. The van der Waals surface area contributed by atoms with Gasteiger partial charge in [0, 0.05) is 31.0 Å². The van der Waals surface area contributed by atoms with Gasteiger partial charge in [0.15, 0.2) is 0 Å². The van der Waals surface area contributed by atoms with Gasteiger partial charge in [-0.05, 0) is 58.6 Å². The molecule has 0 saturated carbocycles. The molecule has 2 aromatic heterocycles. The van der Waals surface area contributed by atoms with Gasteiger partial charge in [0.2, 0.25) is 11.8 Å². The Morgan fingerprint density at radius 3 is 2.62 bits per heavy atom. The summed E-state index contributed by atoms with van der Waals surface area (Å²) >= 11 is 0. The Balaban J connectivity index is 1.46. The Morgan fingerprint density at radius 2 is 1.89 bits per heavy atom. The first-order valence-corrected chi connectivity index (χ1v) is 13.2. The molecule has 9 nitrogen and oxygen atoms in total. The monoisotopic (exact) mass is 504 g/mol. The third-order valence-corrected chi connectivity index (χ3v) is 7.68. The second-order valence-electron chi connectivity index (χ2n) is 10.1. The van der Waals surface area contributed by atoms with E-state index in [-0.39, 0.29) is 29.8 Å². The van der Waals surface area contributed by atoms with Crippen LogP contribution in [0.1, 0.15) is 50.2 Å². The van der Waals surface area contributed by atoms with E-state index >= 15 is 0 Å². The van der Waals surface area contributed by atoms with E-state index in [2.05, 4.69) is 26.7 Å². The van der Waals surface area contributed by atoms with Crippen molar-refractivity contribution >= 4 is 22.8 Å². The lowest BCUT2D eigenvalue weighted by Crippen LogP contribution is -2.56. The topological polar surface area (TPSA) is 112 Å². The van der Waals surface area contributed by atoms with E-state index in [4.69, 9.17) is 9.72 Å². The van der Waals surface area contributed by atoms with Crippen LogP contribution in [0.4, 0.5) is 0 Å². The Bertz CT molecular complexity index is 1250. The third-order valence-electron chi connectivity index (χ3n) is 7.68. The molecule has 3 N–H and O–H groups in total. The summed E-state index contributed by atoms with van der Waals surface area (Å²) in [5.74, 6) is 0.579. The maximum absolute atomic E-state index is 14.0. The van der Waals surface area contributed by atoms with Crippen molar-refractivity contribution in [2.45, 2.75) is 57.7 Å². The largest absolute Gasteiger partial charge is 0.381 e.